The molecule has 24 heavy (non-hydrogen) atoms. The number of hydrogen-bond donors (Lipinski definition) is 2. The van der Waals surface area contributed by atoms with Crippen LogP contribution in [0.4, 0.5) is 14.9 Å². The molecule has 0 aliphatic carbocycles. The molecule has 0 bridgehead atoms. The quantitative estimate of drug-likeness (QED) is 0.904. The summed E-state index contributed by atoms with van der Waals surface area (Å²) in [6.07, 6.45) is 7.11. The van der Waals surface area contributed by atoms with Gasteiger partial charge in [-0.2, -0.15) is 0 Å². The molecule has 126 valence electrons. The predicted octanol–water partition coefficient (Wildman–Crippen LogP) is 2.43. The van der Waals surface area contributed by atoms with Crippen LogP contribution in [0.25, 0.3) is 0 Å². The van der Waals surface area contributed by atoms with Gasteiger partial charge in [-0.3, -0.25) is 14.9 Å². The molecule has 0 spiro atoms. The van der Waals surface area contributed by atoms with Crippen LogP contribution < -0.4 is 10.6 Å². The van der Waals surface area contributed by atoms with Crippen molar-refractivity contribution < 1.29 is 9.18 Å². The van der Waals surface area contributed by atoms with Crippen LogP contribution in [0.1, 0.15) is 18.0 Å². The molecule has 7 heteroatoms. The molecule has 2 N–H and O–H groups in total. The molecule has 1 aliphatic heterocycles. The van der Waals surface area contributed by atoms with Crippen LogP contribution in [-0.2, 0) is 0 Å². The number of rotatable bonds is 4. The zero-order chi connectivity index (χ0) is 16.9. The van der Waals surface area contributed by atoms with Gasteiger partial charge >= 0.3 is 6.03 Å². The zero-order valence-corrected chi connectivity index (χ0v) is 13.4. The first kappa shape index (κ1) is 16.3. The van der Waals surface area contributed by atoms with Crippen LogP contribution in [-0.4, -0.2) is 41.0 Å². The van der Waals surface area contributed by atoms with Gasteiger partial charge in [0.2, 0.25) is 0 Å². The van der Waals surface area contributed by atoms with E-state index in [1.165, 1.54) is 12.3 Å². The van der Waals surface area contributed by atoms with Gasteiger partial charge in [0.05, 0.1) is 11.9 Å². The van der Waals surface area contributed by atoms with Gasteiger partial charge in [-0.15, -0.1) is 0 Å². The zero-order valence-electron chi connectivity index (χ0n) is 13.4. The molecule has 6 nitrogen and oxygen atoms in total. The van der Waals surface area contributed by atoms with Crippen LogP contribution in [0.2, 0.25) is 0 Å². The lowest BCUT2D eigenvalue weighted by molar-refractivity contribution is 0.243. The van der Waals surface area contributed by atoms with Crippen LogP contribution in [0.3, 0.4) is 0 Å². The lowest BCUT2D eigenvalue weighted by Crippen LogP contribution is -2.35. The van der Waals surface area contributed by atoms with Crippen molar-refractivity contribution in [3.05, 3.63) is 54.4 Å². The van der Waals surface area contributed by atoms with Crippen LogP contribution in [0.15, 0.2) is 43.0 Å². The van der Waals surface area contributed by atoms with Gasteiger partial charge in [-0.25, -0.2) is 9.18 Å². The summed E-state index contributed by atoms with van der Waals surface area (Å²) in [5.41, 5.74) is 1.26. The van der Waals surface area contributed by atoms with E-state index in [0.29, 0.717) is 6.54 Å². The minimum atomic E-state index is -0.554. The number of likely N-dealkylation sites (tertiary alicyclic amines) is 1. The Morgan fingerprint density at radius 1 is 1.33 bits per heavy atom. The van der Waals surface area contributed by atoms with Crippen molar-refractivity contribution in [2.75, 3.05) is 25.5 Å². The Morgan fingerprint density at radius 3 is 2.92 bits per heavy atom. The number of halogens is 1. The largest absolute Gasteiger partial charge is 0.338 e. The average Bonchev–Trinajstić information content (AvgIpc) is 2.96. The smallest absolute Gasteiger partial charge is 0.319 e. The number of nitrogens with zero attached hydrogens (tertiary/aromatic N) is 3. The number of amides is 2. The van der Waals surface area contributed by atoms with Crippen molar-refractivity contribution in [2.24, 2.45) is 5.92 Å². The van der Waals surface area contributed by atoms with E-state index < -0.39 is 11.8 Å². The summed E-state index contributed by atoms with van der Waals surface area (Å²) in [4.78, 5) is 22.1. The SMILES string of the molecule is CN1CC[C@@H](CNC(=O)Nc2ccncc2F)[C@@H]1c1cccnc1. The molecule has 0 radical (unpaired) electrons. The van der Waals surface area contributed by atoms with Crippen molar-refractivity contribution >= 4 is 11.7 Å². The molecule has 0 saturated carbocycles. The molecule has 2 atom stereocenters. The molecule has 1 fully saturated rings. The lowest BCUT2D eigenvalue weighted by Gasteiger charge is -2.25. The summed E-state index contributed by atoms with van der Waals surface area (Å²) in [6, 6.07) is 5.21. The Balaban J connectivity index is 1.59. The van der Waals surface area contributed by atoms with Crippen molar-refractivity contribution in [3.8, 4) is 0 Å². The minimum Gasteiger partial charge on any atom is -0.338 e. The first-order valence-electron chi connectivity index (χ1n) is 7.89. The van der Waals surface area contributed by atoms with E-state index in [1.807, 2.05) is 12.3 Å². The molecule has 2 aromatic heterocycles. The maximum atomic E-state index is 13.5. The van der Waals surface area contributed by atoms with E-state index in [9.17, 15) is 9.18 Å². The van der Waals surface area contributed by atoms with E-state index in [1.54, 1.807) is 6.20 Å². The third-order valence-electron chi connectivity index (χ3n) is 4.35. The normalized spacial score (nSPS) is 20.8. The average molecular weight is 329 g/mol. The van der Waals surface area contributed by atoms with E-state index in [4.69, 9.17) is 0 Å². The number of urea groups is 1. The number of hydrogen-bond acceptors (Lipinski definition) is 4. The fourth-order valence-corrected chi connectivity index (χ4v) is 3.18. The number of carbonyl (C=O) groups excluding carboxylic acids is 1. The molecular formula is C17H20FN5O. The van der Waals surface area contributed by atoms with Gasteiger partial charge in [0.15, 0.2) is 5.82 Å². The molecular weight excluding hydrogens is 309 g/mol. The molecule has 2 amide bonds. The molecule has 0 aromatic carbocycles. The van der Waals surface area contributed by atoms with Crippen molar-refractivity contribution in [3.63, 3.8) is 0 Å². The summed E-state index contributed by atoms with van der Waals surface area (Å²) in [6.45, 7) is 1.48. The molecule has 0 unspecified atom stereocenters. The topological polar surface area (TPSA) is 70.2 Å². The van der Waals surface area contributed by atoms with Crippen molar-refractivity contribution in [2.45, 2.75) is 12.5 Å². The lowest BCUT2D eigenvalue weighted by atomic mass is 9.95. The Kier molecular flexibility index (Phi) is 5.00. The van der Waals surface area contributed by atoms with Gasteiger partial charge < -0.3 is 10.6 Å². The summed E-state index contributed by atoms with van der Waals surface area (Å²) in [5.74, 6) is -0.270. The summed E-state index contributed by atoms with van der Waals surface area (Å²) in [5, 5.41) is 5.35. The third-order valence-corrected chi connectivity index (χ3v) is 4.35. The molecule has 1 aliphatic rings. The van der Waals surface area contributed by atoms with Gasteiger partial charge in [-0.1, -0.05) is 6.07 Å². The number of aromatic nitrogens is 2. The summed E-state index contributed by atoms with van der Waals surface area (Å²) >= 11 is 0. The highest BCUT2D eigenvalue weighted by molar-refractivity contribution is 5.89. The highest BCUT2D eigenvalue weighted by Gasteiger charge is 2.33. The Morgan fingerprint density at radius 2 is 2.17 bits per heavy atom. The molecule has 3 rings (SSSR count). The van der Waals surface area contributed by atoms with Crippen LogP contribution >= 0.6 is 0 Å². The maximum absolute atomic E-state index is 13.5. The Labute approximate surface area is 140 Å². The number of anilines is 1. The Bertz CT molecular complexity index is 696. The number of pyridine rings is 2. The second kappa shape index (κ2) is 7.35. The highest BCUT2D eigenvalue weighted by atomic mass is 19.1. The van der Waals surface area contributed by atoms with Gasteiger partial charge in [0.25, 0.3) is 0 Å². The fourth-order valence-electron chi connectivity index (χ4n) is 3.18. The van der Waals surface area contributed by atoms with Crippen molar-refractivity contribution in [1.29, 1.82) is 0 Å². The van der Waals surface area contributed by atoms with E-state index >= 15 is 0 Å². The minimum absolute atomic E-state index is 0.120. The van der Waals surface area contributed by atoms with Gasteiger partial charge in [-0.05, 0) is 43.6 Å². The standard InChI is InChI=1S/C17H20FN5O/c1-23-8-5-13(16(23)12-3-2-6-19-9-12)10-21-17(24)22-15-4-7-20-11-14(15)18/h2-4,6-7,9,11,13,16H,5,8,10H2,1H3,(H2,20,21,22,24)/t13-,16-/m0/s1. The van der Waals surface area contributed by atoms with E-state index in [2.05, 4.69) is 38.6 Å². The third kappa shape index (κ3) is 3.68. The molecule has 1 saturated heterocycles. The summed E-state index contributed by atoms with van der Waals surface area (Å²) in [7, 11) is 2.07. The maximum Gasteiger partial charge on any atom is 0.319 e. The first-order chi connectivity index (χ1) is 11.6. The van der Waals surface area contributed by atoms with Gasteiger partial charge in [0.1, 0.15) is 0 Å². The fraction of sp³-hybridized carbons (Fsp3) is 0.353. The predicted molar refractivity (Wildman–Crippen MR) is 88.9 cm³/mol. The Hall–Kier alpha value is -2.54. The van der Waals surface area contributed by atoms with Crippen molar-refractivity contribution in [1.82, 2.24) is 20.2 Å². The highest BCUT2D eigenvalue weighted by Crippen LogP contribution is 2.35. The number of carbonyl (C=O) groups is 1. The van der Waals surface area contributed by atoms with Crippen LogP contribution in [0.5, 0.6) is 0 Å². The van der Waals surface area contributed by atoms with Crippen LogP contribution in [0, 0.1) is 11.7 Å². The second-order valence-corrected chi connectivity index (χ2v) is 5.95. The molecule has 2 aromatic rings. The van der Waals surface area contributed by atoms with E-state index in [0.717, 1.165) is 24.7 Å². The van der Waals surface area contributed by atoms with Gasteiger partial charge in [0, 0.05) is 31.2 Å². The summed E-state index contributed by atoms with van der Waals surface area (Å²) < 4.78 is 13.5. The second-order valence-electron chi connectivity index (χ2n) is 5.95. The monoisotopic (exact) mass is 329 g/mol. The first-order valence-corrected chi connectivity index (χ1v) is 7.89. The molecule has 3 heterocycles. The number of nitrogens with one attached hydrogen (secondary N) is 2. The van der Waals surface area contributed by atoms with E-state index in [-0.39, 0.29) is 17.6 Å².